The molecule has 0 spiro atoms. The number of ether oxygens (including phenoxy) is 5. The van der Waals surface area contributed by atoms with Gasteiger partial charge in [-0.25, -0.2) is 4.79 Å². The van der Waals surface area contributed by atoms with Crippen LogP contribution in [0.3, 0.4) is 0 Å². The number of piperidine rings is 1. The standard InChI is InChI=1S/C45H71NO11/c1-11-14-32-20-26(2)19-27(3)21-38(54-9)41-39(55-10)23-29(5)45(7,57-41)42(50)43(51)46-18-13-12-15-33(46)44(52)56-40(30(6)35(48)25-36(32)49)28(4)22-31-16-17-34(47)37(24-31)53-8/h11,20,22,27,29-35,37-41,47-48H,1,12-19,21,23-25H2,2-10H3. The maximum atomic E-state index is 14.5. The molecule has 3 aliphatic heterocycles. The molecular formula is C45H71NO11. The summed E-state index contributed by atoms with van der Waals surface area (Å²) >= 11 is 0. The third-order valence-electron chi connectivity index (χ3n) is 13.3. The number of hydrogen-bond donors (Lipinski definition) is 2. The van der Waals surface area contributed by atoms with Gasteiger partial charge < -0.3 is 38.8 Å². The van der Waals surface area contributed by atoms with E-state index in [1.807, 2.05) is 32.9 Å². The Bertz CT molecular complexity index is 1480. The van der Waals surface area contributed by atoms with E-state index in [0.717, 1.165) is 5.57 Å². The van der Waals surface area contributed by atoms with Crippen LogP contribution in [-0.2, 0) is 42.9 Å². The number of aliphatic hydroxyl groups excluding tert-OH is 2. The van der Waals surface area contributed by atoms with Gasteiger partial charge in [0.25, 0.3) is 11.7 Å². The van der Waals surface area contributed by atoms with Gasteiger partial charge in [0.15, 0.2) is 0 Å². The number of rotatable bonds is 7. The van der Waals surface area contributed by atoms with Gasteiger partial charge in [0, 0.05) is 46.1 Å². The number of esters is 1. The lowest BCUT2D eigenvalue weighted by atomic mass is 9.76. The van der Waals surface area contributed by atoms with E-state index in [1.165, 1.54) is 4.90 Å². The zero-order valence-electron chi connectivity index (χ0n) is 35.9. The molecule has 57 heavy (non-hydrogen) atoms. The van der Waals surface area contributed by atoms with Gasteiger partial charge >= 0.3 is 5.97 Å². The molecule has 2 saturated heterocycles. The zero-order valence-corrected chi connectivity index (χ0v) is 35.9. The van der Waals surface area contributed by atoms with E-state index < -0.39 is 71.7 Å². The summed E-state index contributed by atoms with van der Waals surface area (Å²) in [6.45, 7) is 15.3. The normalized spacial score (nSPS) is 40.1. The summed E-state index contributed by atoms with van der Waals surface area (Å²) < 4.78 is 30.5. The van der Waals surface area contributed by atoms with Gasteiger partial charge in [0.2, 0.25) is 0 Å². The fourth-order valence-corrected chi connectivity index (χ4v) is 9.62. The van der Waals surface area contributed by atoms with Crippen molar-refractivity contribution in [1.82, 2.24) is 4.90 Å². The van der Waals surface area contributed by atoms with Crippen LogP contribution in [0.1, 0.15) is 112 Å². The summed E-state index contributed by atoms with van der Waals surface area (Å²) in [6, 6.07) is -1.03. The van der Waals surface area contributed by atoms with E-state index in [0.29, 0.717) is 69.8 Å². The van der Waals surface area contributed by atoms with Crippen molar-refractivity contribution >= 4 is 23.4 Å². The summed E-state index contributed by atoms with van der Waals surface area (Å²) in [6.07, 6.45) is 6.49. The molecule has 0 aromatic carbocycles. The van der Waals surface area contributed by atoms with E-state index in [1.54, 1.807) is 41.3 Å². The third kappa shape index (κ3) is 11.3. The smallest absolute Gasteiger partial charge is 0.329 e. The average Bonchev–Trinajstić information content (AvgIpc) is 3.18. The zero-order chi connectivity index (χ0) is 42.2. The second kappa shape index (κ2) is 21.0. The Kier molecular flexibility index (Phi) is 17.3. The third-order valence-corrected chi connectivity index (χ3v) is 13.3. The first kappa shape index (κ1) is 46.9. The van der Waals surface area contributed by atoms with Crippen molar-refractivity contribution < 1.29 is 53.1 Å². The molecule has 14 unspecified atom stereocenters. The molecule has 3 heterocycles. The van der Waals surface area contributed by atoms with Gasteiger partial charge in [-0.1, -0.05) is 44.6 Å². The number of cyclic esters (lactones) is 1. The minimum atomic E-state index is -1.51. The molecule has 12 nitrogen and oxygen atoms in total. The number of aliphatic hydroxyl groups is 2. The van der Waals surface area contributed by atoms with E-state index in [2.05, 4.69) is 13.5 Å². The van der Waals surface area contributed by atoms with Crippen molar-refractivity contribution in [3.05, 3.63) is 36.0 Å². The van der Waals surface area contributed by atoms with Crippen LogP contribution in [0, 0.1) is 29.6 Å². The molecule has 0 radical (unpaired) electrons. The molecule has 2 N–H and O–H groups in total. The summed E-state index contributed by atoms with van der Waals surface area (Å²) in [5.74, 6) is -3.82. The van der Waals surface area contributed by atoms with Gasteiger partial charge in [-0.2, -0.15) is 0 Å². The Morgan fingerprint density at radius 1 is 0.930 bits per heavy atom. The van der Waals surface area contributed by atoms with Crippen LogP contribution in [-0.4, -0.2) is 121 Å². The maximum Gasteiger partial charge on any atom is 0.329 e. The summed E-state index contributed by atoms with van der Waals surface area (Å²) in [5, 5.41) is 22.2. The number of carbonyl (C=O) groups is 4. The molecule has 0 aromatic heterocycles. The highest BCUT2D eigenvalue weighted by Gasteiger charge is 2.54. The van der Waals surface area contributed by atoms with Gasteiger partial charge in [-0.3, -0.25) is 14.4 Å². The fourth-order valence-electron chi connectivity index (χ4n) is 9.62. The van der Waals surface area contributed by atoms with Crippen molar-refractivity contribution in [3.63, 3.8) is 0 Å². The van der Waals surface area contributed by atoms with Crippen molar-refractivity contribution in [3.8, 4) is 0 Å². The highest BCUT2D eigenvalue weighted by atomic mass is 16.6. The highest BCUT2D eigenvalue weighted by molar-refractivity contribution is 6.39. The molecule has 12 heteroatoms. The molecular weight excluding hydrogens is 730 g/mol. The quantitative estimate of drug-likeness (QED) is 0.185. The highest BCUT2D eigenvalue weighted by Crippen LogP contribution is 2.40. The molecule has 0 aromatic rings. The fraction of sp³-hybridized carbons (Fsp3) is 0.778. The second-order valence-corrected chi connectivity index (χ2v) is 17.7. The van der Waals surface area contributed by atoms with Crippen LogP contribution in [0.15, 0.2) is 36.0 Å². The molecule has 4 aliphatic rings. The van der Waals surface area contributed by atoms with Crippen LogP contribution < -0.4 is 0 Å². The monoisotopic (exact) mass is 802 g/mol. The Labute approximate surface area is 340 Å². The maximum absolute atomic E-state index is 14.5. The van der Waals surface area contributed by atoms with Crippen molar-refractivity contribution in [2.45, 2.75) is 167 Å². The first-order chi connectivity index (χ1) is 27.0. The van der Waals surface area contributed by atoms with Gasteiger partial charge in [-0.05, 0) is 108 Å². The molecule has 1 amide bonds. The van der Waals surface area contributed by atoms with Crippen LogP contribution in [0.25, 0.3) is 0 Å². The van der Waals surface area contributed by atoms with Crippen molar-refractivity contribution in [1.29, 1.82) is 0 Å². The minimum Gasteiger partial charge on any atom is -0.456 e. The molecule has 2 bridgehead atoms. The largest absolute Gasteiger partial charge is 0.456 e. The second-order valence-electron chi connectivity index (χ2n) is 17.7. The SMILES string of the molecule is C=CCC1C=C(C)CC(C)CC(OC)C2OC(C)(C(=O)C(=O)N3CCCCC3C(=O)OC(C(C)=CC3CCC(O)C(OC)C3)C(C)C(O)CC1=O)C(C)CC2OC. The molecule has 3 fully saturated rings. The van der Waals surface area contributed by atoms with Crippen LogP contribution in [0.2, 0.25) is 0 Å². The number of amides is 1. The van der Waals surface area contributed by atoms with Crippen LogP contribution >= 0.6 is 0 Å². The Hall–Kier alpha value is -2.74. The molecule has 1 aliphatic carbocycles. The lowest BCUT2D eigenvalue weighted by Crippen LogP contribution is -2.63. The Balaban J connectivity index is 1.78. The number of fused-ring (bicyclic) bond motifs is 3. The van der Waals surface area contributed by atoms with Gasteiger partial charge in [0.05, 0.1) is 30.5 Å². The van der Waals surface area contributed by atoms with E-state index in [9.17, 15) is 29.4 Å². The lowest BCUT2D eigenvalue weighted by molar-refractivity contribution is -0.229. The number of hydrogen-bond acceptors (Lipinski definition) is 11. The Morgan fingerprint density at radius 3 is 2.25 bits per heavy atom. The first-order valence-electron chi connectivity index (χ1n) is 21.2. The number of carbonyl (C=O) groups excluding carboxylic acids is 4. The van der Waals surface area contributed by atoms with Crippen LogP contribution in [0.4, 0.5) is 0 Å². The summed E-state index contributed by atoms with van der Waals surface area (Å²) in [5.41, 5.74) is 0.189. The molecule has 1 saturated carbocycles. The number of nitrogens with zero attached hydrogens (tertiary/aromatic N) is 1. The van der Waals surface area contributed by atoms with Crippen molar-refractivity contribution in [2.75, 3.05) is 27.9 Å². The van der Waals surface area contributed by atoms with Gasteiger partial charge in [0.1, 0.15) is 29.6 Å². The van der Waals surface area contributed by atoms with Crippen LogP contribution in [0.5, 0.6) is 0 Å². The number of methoxy groups -OCH3 is 3. The minimum absolute atomic E-state index is 0.0171. The lowest BCUT2D eigenvalue weighted by Gasteiger charge is -2.48. The van der Waals surface area contributed by atoms with Crippen molar-refractivity contribution in [2.24, 2.45) is 29.6 Å². The summed E-state index contributed by atoms with van der Waals surface area (Å²) in [4.78, 5) is 58.5. The Morgan fingerprint density at radius 2 is 1.60 bits per heavy atom. The molecule has 4 rings (SSSR count). The predicted octanol–water partition coefficient (Wildman–Crippen LogP) is 5.71. The number of allylic oxidation sites excluding steroid dienone is 4. The van der Waals surface area contributed by atoms with E-state index in [4.69, 9.17) is 23.7 Å². The topological polar surface area (TPSA) is 158 Å². The van der Waals surface area contributed by atoms with E-state index in [-0.39, 0.29) is 48.7 Å². The van der Waals surface area contributed by atoms with E-state index >= 15 is 0 Å². The number of Topliss-reactive ketones (excluding diaryl/α,β-unsaturated/α-hetero) is 2. The molecule has 14 atom stereocenters. The number of ketones is 2. The first-order valence-corrected chi connectivity index (χ1v) is 21.2. The van der Waals surface area contributed by atoms with Gasteiger partial charge in [-0.15, -0.1) is 6.58 Å². The predicted molar refractivity (Wildman–Crippen MR) is 216 cm³/mol. The molecule has 322 valence electrons. The summed E-state index contributed by atoms with van der Waals surface area (Å²) in [7, 11) is 4.79. The average molecular weight is 802 g/mol.